The van der Waals surface area contributed by atoms with Gasteiger partial charge in [0.2, 0.25) is 0 Å². The van der Waals surface area contributed by atoms with E-state index in [9.17, 15) is 0 Å². The molecular formula is C36H40N2O3. The number of methoxy groups -OCH3 is 2. The van der Waals surface area contributed by atoms with Crippen LogP contribution in [0.4, 0.5) is 0 Å². The van der Waals surface area contributed by atoms with Crippen LogP contribution in [0, 0.1) is 0 Å². The van der Waals surface area contributed by atoms with E-state index in [2.05, 4.69) is 96.4 Å². The topological polar surface area (TPSA) is 34.2 Å². The van der Waals surface area contributed by atoms with Crippen molar-refractivity contribution in [2.75, 3.05) is 41.4 Å². The molecule has 2 unspecified atom stereocenters. The van der Waals surface area contributed by atoms with Gasteiger partial charge in [-0.05, 0) is 122 Å². The molecule has 0 spiro atoms. The van der Waals surface area contributed by atoms with Crippen molar-refractivity contribution in [2.24, 2.45) is 0 Å². The van der Waals surface area contributed by atoms with Gasteiger partial charge in [-0.1, -0.05) is 24.3 Å². The van der Waals surface area contributed by atoms with Gasteiger partial charge in [0.15, 0.2) is 0 Å². The third kappa shape index (κ3) is 5.99. The summed E-state index contributed by atoms with van der Waals surface area (Å²) in [7, 11) is 7.91. The average molecular weight is 549 g/mol. The van der Waals surface area contributed by atoms with Crippen LogP contribution in [0.25, 0.3) is 0 Å². The van der Waals surface area contributed by atoms with Crippen molar-refractivity contribution >= 4 is 0 Å². The number of allylic oxidation sites excluding steroid dienone is 2. The predicted molar refractivity (Wildman–Crippen MR) is 164 cm³/mol. The Labute approximate surface area is 244 Å². The normalized spacial score (nSPS) is 20.5. The zero-order valence-electron chi connectivity index (χ0n) is 24.7. The maximum atomic E-state index is 6.23. The van der Waals surface area contributed by atoms with E-state index in [-0.39, 0.29) is 0 Å². The second kappa shape index (κ2) is 12.0. The number of likely N-dealkylation sites (N-methyl/N-ethyl adjacent to an activating group) is 2. The van der Waals surface area contributed by atoms with Gasteiger partial charge < -0.3 is 14.2 Å². The quantitative estimate of drug-likeness (QED) is 0.288. The van der Waals surface area contributed by atoms with Crippen molar-refractivity contribution in [2.45, 2.75) is 44.2 Å². The Morgan fingerprint density at radius 2 is 1.29 bits per heavy atom. The number of fused-ring (bicyclic) bond motifs is 2. The highest BCUT2D eigenvalue weighted by Crippen LogP contribution is 2.37. The molecule has 0 fully saturated rings. The Bertz CT molecular complexity index is 1500. The van der Waals surface area contributed by atoms with Crippen molar-refractivity contribution < 1.29 is 14.2 Å². The first-order valence-electron chi connectivity index (χ1n) is 14.7. The van der Waals surface area contributed by atoms with E-state index in [0.717, 1.165) is 68.2 Å². The minimum absolute atomic E-state index is 0.337. The lowest BCUT2D eigenvalue weighted by atomic mass is 9.88. The first-order valence-corrected chi connectivity index (χ1v) is 14.7. The Morgan fingerprint density at radius 1 is 0.732 bits per heavy atom. The summed E-state index contributed by atoms with van der Waals surface area (Å²) in [6.07, 6.45) is 9.09. The number of hydrogen-bond donors (Lipinski definition) is 0. The van der Waals surface area contributed by atoms with Crippen LogP contribution in [0.15, 0.2) is 89.9 Å². The number of ether oxygens (including phenoxy) is 3. The van der Waals surface area contributed by atoms with Crippen molar-refractivity contribution in [1.29, 1.82) is 0 Å². The van der Waals surface area contributed by atoms with Gasteiger partial charge in [-0.2, -0.15) is 0 Å². The summed E-state index contributed by atoms with van der Waals surface area (Å²) in [4.78, 5) is 4.90. The van der Waals surface area contributed by atoms with Gasteiger partial charge in [-0.3, -0.25) is 9.80 Å². The summed E-state index contributed by atoms with van der Waals surface area (Å²) in [5.74, 6) is 3.56. The number of nitrogens with zero attached hydrogens (tertiary/aromatic N) is 2. The fourth-order valence-corrected chi connectivity index (χ4v) is 6.40. The highest BCUT2D eigenvalue weighted by molar-refractivity contribution is 5.42. The van der Waals surface area contributed by atoms with Crippen LogP contribution in [0.3, 0.4) is 0 Å². The molecule has 0 saturated heterocycles. The Balaban J connectivity index is 1.10. The van der Waals surface area contributed by atoms with Crippen molar-refractivity contribution in [3.05, 3.63) is 118 Å². The third-order valence-electron chi connectivity index (χ3n) is 8.95. The molecular weight excluding hydrogens is 508 g/mol. The highest BCUT2D eigenvalue weighted by atomic mass is 16.5. The summed E-state index contributed by atoms with van der Waals surface area (Å²) >= 11 is 0. The summed E-state index contributed by atoms with van der Waals surface area (Å²) in [5, 5.41) is 0. The second-order valence-corrected chi connectivity index (χ2v) is 11.5. The van der Waals surface area contributed by atoms with Crippen LogP contribution in [0.2, 0.25) is 0 Å². The molecule has 2 aliphatic heterocycles. The molecule has 3 aromatic carbocycles. The molecule has 41 heavy (non-hydrogen) atoms. The van der Waals surface area contributed by atoms with Gasteiger partial charge in [0, 0.05) is 31.2 Å². The largest absolute Gasteiger partial charge is 0.497 e. The fraction of sp³-hybridized carbons (Fsp3) is 0.361. The van der Waals surface area contributed by atoms with E-state index in [1.54, 1.807) is 14.2 Å². The molecule has 3 aromatic rings. The molecule has 3 aliphatic rings. The number of hydrogen-bond acceptors (Lipinski definition) is 5. The molecule has 5 heteroatoms. The number of rotatable bonds is 8. The van der Waals surface area contributed by atoms with E-state index in [1.807, 2.05) is 6.08 Å². The monoisotopic (exact) mass is 548 g/mol. The average Bonchev–Trinajstić information content (AvgIpc) is 3.01. The predicted octanol–water partition coefficient (Wildman–Crippen LogP) is 6.84. The molecule has 6 rings (SSSR count). The maximum Gasteiger partial charge on any atom is 0.131 e. The first-order chi connectivity index (χ1) is 20.0. The Morgan fingerprint density at radius 3 is 1.83 bits per heavy atom. The lowest BCUT2D eigenvalue weighted by molar-refractivity contribution is 0.228. The van der Waals surface area contributed by atoms with E-state index < -0.39 is 0 Å². The van der Waals surface area contributed by atoms with Crippen molar-refractivity contribution in [1.82, 2.24) is 9.80 Å². The maximum absolute atomic E-state index is 6.23. The molecule has 5 nitrogen and oxygen atoms in total. The highest BCUT2D eigenvalue weighted by Gasteiger charge is 2.27. The SMILES string of the molecule is COc1ccc2c(c1)C(CC1=C=CC(Oc3ccc(CC4c5cc(OC)ccc5CCN4C)cc3)=CC1)N(C)CC2. The molecule has 0 N–H and O–H groups in total. The Hall–Kier alpha value is -3.76. The minimum atomic E-state index is 0.337. The van der Waals surface area contributed by atoms with E-state index >= 15 is 0 Å². The van der Waals surface area contributed by atoms with E-state index in [0.29, 0.717) is 12.1 Å². The molecule has 2 heterocycles. The van der Waals surface area contributed by atoms with Gasteiger partial charge in [0.05, 0.1) is 14.2 Å². The van der Waals surface area contributed by atoms with Crippen molar-refractivity contribution in [3.8, 4) is 17.2 Å². The third-order valence-corrected chi connectivity index (χ3v) is 8.95. The molecule has 0 amide bonds. The second-order valence-electron chi connectivity index (χ2n) is 11.5. The van der Waals surface area contributed by atoms with Gasteiger partial charge in [0.25, 0.3) is 0 Å². The molecule has 2 atom stereocenters. The summed E-state index contributed by atoms with van der Waals surface area (Å²) < 4.78 is 17.3. The van der Waals surface area contributed by atoms with Crippen LogP contribution < -0.4 is 14.2 Å². The minimum Gasteiger partial charge on any atom is -0.497 e. The summed E-state index contributed by atoms with van der Waals surface area (Å²) in [5.41, 5.74) is 11.7. The molecule has 0 aromatic heterocycles. The lowest BCUT2D eigenvalue weighted by Crippen LogP contribution is -2.33. The van der Waals surface area contributed by atoms with Crippen LogP contribution in [-0.4, -0.2) is 51.2 Å². The van der Waals surface area contributed by atoms with Crippen LogP contribution in [-0.2, 0) is 19.3 Å². The van der Waals surface area contributed by atoms with Gasteiger partial charge in [-0.25, -0.2) is 0 Å². The van der Waals surface area contributed by atoms with E-state index in [1.165, 1.54) is 33.4 Å². The van der Waals surface area contributed by atoms with Gasteiger partial charge >= 0.3 is 0 Å². The van der Waals surface area contributed by atoms with Gasteiger partial charge in [0.1, 0.15) is 23.0 Å². The smallest absolute Gasteiger partial charge is 0.131 e. The molecule has 0 saturated carbocycles. The Kier molecular flexibility index (Phi) is 8.02. The van der Waals surface area contributed by atoms with Crippen LogP contribution >= 0.6 is 0 Å². The zero-order chi connectivity index (χ0) is 28.3. The fourth-order valence-electron chi connectivity index (χ4n) is 6.40. The van der Waals surface area contributed by atoms with Crippen LogP contribution in [0.1, 0.15) is 52.7 Å². The lowest BCUT2D eigenvalue weighted by Gasteiger charge is -2.35. The molecule has 0 bridgehead atoms. The molecule has 0 radical (unpaired) electrons. The first kappa shape index (κ1) is 27.4. The summed E-state index contributed by atoms with van der Waals surface area (Å²) in [6, 6.07) is 22.2. The summed E-state index contributed by atoms with van der Waals surface area (Å²) in [6.45, 7) is 2.14. The van der Waals surface area contributed by atoms with Crippen molar-refractivity contribution in [3.63, 3.8) is 0 Å². The zero-order valence-corrected chi connectivity index (χ0v) is 24.7. The van der Waals surface area contributed by atoms with Crippen LogP contribution in [0.5, 0.6) is 17.2 Å². The standard InChI is InChI=1S/C36H40N2O3/c1-37-19-17-27-9-15-31(39-3)23-33(27)35(37)21-25-5-11-29(12-6-25)41-30-13-7-26(8-14-30)22-36-34-24-32(40-4)16-10-28(34)18-20-38(36)2/h5-6,9-16,23-24,35-36H,7,17-22H2,1-4H3. The van der Waals surface area contributed by atoms with Gasteiger partial charge in [-0.15, -0.1) is 5.73 Å². The molecule has 1 aliphatic carbocycles. The molecule has 212 valence electrons. The van der Waals surface area contributed by atoms with E-state index in [4.69, 9.17) is 14.2 Å². The number of benzene rings is 3.